The van der Waals surface area contributed by atoms with E-state index in [9.17, 15) is 0 Å². The van der Waals surface area contributed by atoms with Crippen LogP contribution in [0.1, 0.15) is 213 Å². The lowest BCUT2D eigenvalue weighted by Crippen LogP contribution is -2.07. The summed E-state index contributed by atoms with van der Waals surface area (Å²) in [5, 5.41) is 0. The van der Waals surface area contributed by atoms with Crippen molar-refractivity contribution < 1.29 is 14.2 Å². The molecule has 0 aliphatic carbocycles. The fourth-order valence-corrected chi connectivity index (χ4v) is 6.20. The second kappa shape index (κ2) is 32.6. The summed E-state index contributed by atoms with van der Waals surface area (Å²) in [7, 11) is 0. The van der Waals surface area contributed by atoms with Gasteiger partial charge in [-0.15, -0.1) is 0 Å². The van der Waals surface area contributed by atoms with E-state index in [0.717, 1.165) is 69.2 Å². The maximum Gasteiger partial charge on any atom is 0.203 e. The largest absolute Gasteiger partial charge is 0.490 e. The fourth-order valence-electron chi connectivity index (χ4n) is 6.20. The van der Waals surface area contributed by atoms with Gasteiger partial charge in [-0.2, -0.15) is 0 Å². The van der Waals surface area contributed by atoms with Crippen molar-refractivity contribution in [1.82, 2.24) is 0 Å². The van der Waals surface area contributed by atoms with Gasteiger partial charge in [-0.05, 0) is 43.4 Å². The summed E-state index contributed by atoms with van der Waals surface area (Å²) in [5.41, 5.74) is 1.30. The van der Waals surface area contributed by atoms with E-state index in [1.54, 1.807) is 0 Å². The van der Waals surface area contributed by atoms with Gasteiger partial charge in [0.25, 0.3) is 0 Å². The van der Waals surface area contributed by atoms with Crippen LogP contribution in [0.25, 0.3) is 0 Å². The molecule has 0 spiro atoms. The molecule has 0 amide bonds. The summed E-state index contributed by atoms with van der Waals surface area (Å²) >= 11 is 0. The first-order valence-electron chi connectivity index (χ1n) is 20.3. The van der Waals surface area contributed by atoms with Crippen molar-refractivity contribution in [2.45, 2.75) is 214 Å². The summed E-state index contributed by atoms with van der Waals surface area (Å²) in [6.45, 7) is 11.4. The van der Waals surface area contributed by atoms with Gasteiger partial charge in [-0.3, -0.25) is 0 Å². The number of hydrogen-bond donors (Lipinski definition) is 0. The Morgan fingerprint density at radius 2 is 0.622 bits per heavy atom. The molecule has 0 saturated carbocycles. The van der Waals surface area contributed by atoms with E-state index in [2.05, 4.69) is 39.8 Å². The minimum absolute atomic E-state index is 0.742. The number of rotatable bonds is 35. The Kier molecular flexibility index (Phi) is 30.1. The van der Waals surface area contributed by atoms with Crippen LogP contribution in [-0.4, -0.2) is 19.8 Å². The molecular weight excluding hydrogens is 552 g/mol. The highest BCUT2D eigenvalue weighted by atomic mass is 16.5. The molecule has 0 radical (unpaired) electrons. The van der Waals surface area contributed by atoms with Gasteiger partial charge >= 0.3 is 0 Å². The summed E-state index contributed by atoms with van der Waals surface area (Å²) in [6, 6.07) is 4.46. The van der Waals surface area contributed by atoms with Crippen LogP contribution in [0.3, 0.4) is 0 Å². The zero-order valence-corrected chi connectivity index (χ0v) is 31.0. The number of hydrogen-bond acceptors (Lipinski definition) is 3. The first-order chi connectivity index (χ1) is 22.3. The first kappa shape index (κ1) is 41.6. The highest BCUT2D eigenvalue weighted by molar-refractivity contribution is 5.54. The van der Waals surface area contributed by atoms with Crippen LogP contribution in [0.4, 0.5) is 0 Å². The molecule has 0 saturated heterocycles. The SMILES string of the molecule is CCCCCCCCCCCOc1cc(CCC)cc(OCCCCCCCCCCC)c1OCCCCCCCCCCC. The van der Waals surface area contributed by atoms with E-state index in [-0.39, 0.29) is 0 Å². The molecule has 0 fully saturated rings. The maximum absolute atomic E-state index is 6.50. The third-order valence-corrected chi connectivity index (χ3v) is 9.12. The van der Waals surface area contributed by atoms with Crippen molar-refractivity contribution >= 4 is 0 Å². The van der Waals surface area contributed by atoms with Crippen LogP contribution >= 0.6 is 0 Å². The van der Waals surface area contributed by atoms with Crippen LogP contribution in [-0.2, 0) is 6.42 Å². The number of unbranched alkanes of at least 4 members (excludes halogenated alkanes) is 24. The van der Waals surface area contributed by atoms with Crippen molar-refractivity contribution in [1.29, 1.82) is 0 Å². The molecule has 0 atom stereocenters. The quantitative estimate of drug-likeness (QED) is 0.0698. The van der Waals surface area contributed by atoms with Crippen LogP contribution in [0.15, 0.2) is 12.1 Å². The van der Waals surface area contributed by atoms with Crippen molar-refractivity contribution in [3.63, 3.8) is 0 Å². The highest BCUT2D eigenvalue weighted by Crippen LogP contribution is 2.40. The number of benzene rings is 1. The van der Waals surface area contributed by atoms with Gasteiger partial charge in [-0.1, -0.05) is 188 Å². The Morgan fingerprint density at radius 1 is 0.333 bits per heavy atom. The molecule has 0 aromatic heterocycles. The van der Waals surface area contributed by atoms with Gasteiger partial charge in [0.15, 0.2) is 11.5 Å². The van der Waals surface area contributed by atoms with E-state index < -0.39 is 0 Å². The van der Waals surface area contributed by atoms with Crippen molar-refractivity contribution in [2.24, 2.45) is 0 Å². The average Bonchev–Trinajstić information content (AvgIpc) is 3.04. The van der Waals surface area contributed by atoms with Crippen molar-refractivity contribution in [3.8, 4) is 17.2 Å². The van der Waals surface area contributed by atoms with Crippen LogP contribution in [0.2, 0.25) is 0 Å². The highest BCUT2D eigenvalue weighted by Gasteiger charge is 2.16. The Hall–Kier alpha value is -1.38. The second-order valence-corrected chi connectivity index (χ2v) is 13.7. The van der Waals surface area contributed by atoms with Gasteiger partial charge in [0.2, 0.25) is 5.75 Å². The topological polar surface area (TPSA) is 27.7 Å². The minimum Gasteiger partial charge on any atom is -0.490 e. The van der Waals surface area contributed by atoms with Gasteiger partial charge in [0.05, 0.1) is 19.8 Å². The maximum atomic E-state index is 6.50. The molecule has 0 aliphatic rings. The smallest absolute Gasteiger partial charge is 0.203 e. The third kappa shape index (κ3) is 24.5. The molecule has 1 aromatic rings. The number of aryl methyl sites for hydroxylation is 1. The zero-order valence-electron chi connectivity index (χ0n) is 31.0. The van der Waals surface area contributed by atoms with Crippen molar-refractivity contribution in [2.75, 3.05) is 19.8 Å². The minimum atomic E-state index is 0.742. The molecule has 1 aromatic carbocycles. The molecule has 3 nitrogen and oxygen atoms in total. The van der Waals surface area contributed by atoms with Gasteiger partial charge in [-0.25, -0.2) is 0 Å². The third-order valence-electron chi connectivity index (χ3n) is 9.12. The second-order valence-electron chi connectivity index (χ2n) is 13.7. The fraction of sp³-hybridized carbons (Fsp3) is 0.857. The predicted octanol–water partition coefficient (Wildman–Crippen LogP) is 14.4. The molecule has 0 aliphatic heterocycles. The Balaban J connectivity index is 2.63. The van der Waals surface area contributed by atoms with E-state index in [1.807, 2.05) is 0 Å². The summed E-state index contributed by atoms with van der Waals surface area (Å²) < 4.78 is 19.4. The summed E-state index contributed by atoms with van der Waals surface area (Å²) in [5.74, 6) is 2.65. The molecule has 1 rings (SSSR count). The number of ether oxygens (including phenoxy) is 3. The molecule has 0 bridgehead atoms. The van der Waals surface area contributed by atoms with E-state index in [4.69, 9.17) is 14.2 Å². The Labute approximate surface area is 282 Å². The molecule has 0 heterocycles. The van der Waals surface area contributed by atoms with E-state index in [0.29, 0.717) is 0 Å². The first-order valence-corrected chi connectivity index (χ1v) is 20.3. The molecular formula is C42H78O3. The summed E-state index contributed by atoms with van der Waals surface area (Å²) in [6.07, 6.45) is 37.9. The normalized spacial score (nSPS) is 11.3. The Bertz CT molecular complexity index is 700. The van der Waals surface area contributed by atoms with Crippen LogP contribution in [0.5, 0.6) is 17.2 Å². The molecule has 0 N–H and O–H groups in total. The molecule has 3 heteroatoms. The standard InChI is InChI=1S/C42H78O3/c1-5-9-12-15-18-21-24-27-30-34-43-40-37-39(33-8-4)38-41(44-35-31-28-25-22-19-16-13-10-6-2)42(40)45-36-32-29-26-23-20-17-14-11-7-3/h37-38H,5-36H2,1-4H3. The van der Waals surface area contributed by atoms with Crippen molar-refractivity contribution in [3.05, 3.63) is 17.7 Å². The summed E-state index contributed by atoms with van der Waals surface area (Å²) in [4.78, 5) is 0. The Morgan fingerprint density at radius 3 is 0.933 bits per heavy atom. The molecule has 0 unspecified atom stereocenters. The van der Waals surface area contributed by atoms with Crippen LogP contribution < -0.4 is 14.2 Å². The molecule has 45 heavy (non-hydrogen) atoms. The van der Waals surface area contributed by atoms with E-state index in [1.165, 1.54) is 160 Å². The van der Waals surface area contributed by atoms with Gasteiger partial charge < -0.3 is 14.2 Å². The molecule has 264 valence electrons. The monoisotopic (exact) mass is 631 g/mol. The zero-order chi connectivity index (χ0) is 32.5. The predicted molar refractivity (Wildman–Crippen MR) is 199 cm³/mol. The lowest BCUT2D eigenvalue weighted by atomic mass is 10.1. The lowest BCUT2D eigenvalue weighted by molar-refractivity contribution is 0.234. The average molecular weight is 631 g/mol. The lowest BCUT2D eigenvalue weighted by Gasteiger charge is -2.19. The van der Waals surface area contributed by atoms with Gasteiger partial charge in [0, 0.05) is 0 Å². The van der Waals surface area contributed by atoms with E-state index >= 15 is 0 Å². The van der Waals surface area contributed by atoms with Crippen LogP contribution in [0, 0.1) is 0 Å². The van der Waals surface area contributed by atoms with Gasteiger partial charge in [0.1, 0.15) is 0 Å².